The minimum absolute atomic E-state index is 0.0417. The van der Waals surface area contributed by atoms with Crippen molar-refractivity contribution < 1.29 is 19.8 Å². The van der Waals surface area contributed by atoms with Crippen molar-refractivity contribution in [3.63, 3.8) is 0 Å². The predicted molar refractivity (Wildman–Crippen MR) is 51.7 cm³/mol. The summed E-state index contributed by atoms with van der Waals surface area (Å²) in [4.78, 5) is 18.2. The summed E-state index contributed by atoms with van der Waals surface area (Å²) in [6, 6.07) is 0.0417. The van der Waals surface area contributed by atoms with Gasteiger partial charge >= 0.3 is 11.9 Å². The van der Waals surface area contributed by atoms with E-state index in [4.69, 9.17) is 31.3 Å². The predicted octanol–water partition coefficient (Wildman–Crippen LogP) is -0.606. The number of aliphatic carboxylic acids is 2. The Morgan fingerprint density at radius 3 is 1.71 bits per heavy atom. The highest BCUT2D eigenvalue weighted by molar-refractivity contribution is 6.27. The third kappa shape index (κ3) is 13.2. The van der Waals surface area contributed by atoms with Gasteiger partial charge in [-0.1, -0.05) is 11.6 Å². The zero-order chi connectivity index (χ0) is 11.7. The fourth-order valence-electron chi connectivity index (χ4n) is 0.496. The van der Waals surface area contributed by atoms with E-state index >= 15 is 0 Å². The molecule has 0 aromatic carbocycles. The number of hydrogen-bond donors (Lipinski definition) is 4. The average Bonchev–Trinajstić information content (AvgIpc) is 2.04. The normalized spacial score (nSPS) is 10.6. The molecule has 0 rings (SSSR count). The maximum atomic E-state index is 9.10. The van der Waals surface area contributed by atoms with E-state index in [-0.39, 0.29) is 6.04 Å². The van der Waals surface area contributed by atoms with Gasteiger partial charge in [-0.3, -0.25) is 0 Å². The number of rotatable bonds is 2. The third-order valence-corrected chi connectivity index (χ3v) is 1.00. The Bertz CT molecular complexity index is 209. The van der Waals surface area contributed by atoms with Crippen LogP contribution in [0, 0.1) is 0 Å². The fourth-order valence-corrected chi connectivity index (χ4v) is 0.496. The molecule has 0 fully saturated rings. The Hall–Kier alpha value is -1.40. The molecule has 14 heavy (non-hydrogen) atoms. The van der Waals surface area contributed by atoms with E-state index in [2.05, 4.69) is 0 Å². The molecule has 0 saturated carbocycles. The Labute approximate surface area is 82.2 Å². The molecule has 0 saturated heterocycles. The number of hydrogen-bond acceptors (Lipinski definition) is 4. The van der Waals surface area contributed by atoms with Crippen LogP contribution in [0.25, 0.3) is 0 Å². The summed E-state index contributed by atoms with van der Waals surface area (Å²) in [5, 5.41) is 14.8. The van der Waals surface area contributed by atoms with Gasteiger partial charge in [0.2, 0.25) is 0 Å². The Balaban J connectivity index is 0. The molecular formula is C8H16N2O4. The molecule has 0 aliphatic rings. The lowest BCUT2D eigenvalue weighted by molar-refractivity contribution is -0.159. The zero-order valence-corrected chi connectivity index (χ0v) is 8.23. The van der Waals surface area contributed by atoms with Gasteiger partial charge in [-0.2, -0.15) is 0 Å². The Morgan fingerprint density at radius 2 is 1.64 bits per heavy atom. The standard InChI is InChI=1S/C6H14N2.C2H2O4/c1-5(2)3-6(8)4-7;3-1(4)2(5)6/h3,6H,4,7-8H2,1-2H3;(H,3,4)(H,5,6). The second-order valence-electron chi connectivity index (χ2n) is 2.75. The van der Waals surface area contributed by atoms with Crippen molar-refractivity contribution in [2.75, 3.05) is 6.54 Å². The van der Waals surface area contributed by atoms with E-state index in [1.165, 1.54) is 5.57 Å². The lowest BCUT2D eigenvalue weighted by Crippen LogP contribution is -2.27. The highest BCUT2D eigenvalue weighted by atomic mass is 16.4. The van der Waals surface area contributed by atoms with E-state index in [1.54, 1.807) is 0 Å². The van der Waals surface area contributed by atoms with Crippen LogP contribution in [0.1, 0.15) is 13.8 Å². The van der Waals surface area contributed by atoms with Gasteiger partial charge in [-0.05, 0) is 13.8 Å². The lowest BCUT2D eigenvalue weighted by Gasteiger charge is -2.00. The maximum Gasteiger partial charge on any atom is 0.414 e. The topological polar surface area (TPSA) is 127 Å². The van der Waals surface area contributed by atoms with Crippen molar-refractivity contribution >= 4 is 11.9 Å². The highest BCUT2D eigenvalue weighted by Crippen LogP contribution is 1.88. The van der Waals surface area contributed by atoms with Crippen LogP contribution in [0.5, 0.6) is 0 Å². The first-order chi connectivity index (χ1) is 6.31. The van der Waals surface area contributed by atoms with Crippen LogP contribution >= 0.6 is 0 Å². The van der Waals surface area contributed by atoms with Crippen molar-refractivity contribution in [1.29, 1.82) is 0 Å². The summed E-state index contributed by atoms with van der Waals surface area (Å²) < 4.78 is 0. The molecule has 0 aliphatic heterocycles. The van der Waals surface area contributed by atoms with E-state index in [0.29, 0.717) is 6.54 Å². The molecule has 6 nitrogen and oxygen atoms in total. The molecule has 1 unspecified atom stereocenters. The molecule has 0 heterocycles. The second-order valence-corrected chi connectivity index (χ2v) is 2.75. The molecule has 82 valence electrons. The first kappa shape index (κ1) is 15.1. The first-order valence-corrected chi connectivity index (χ1v) is 3.88. The van der Waals surface area contributed by atoms with E-state index in [0.717, 1.165) is 0 Å². The monoisotopic (exact) mass is 204 g/mol. The van der Waals surface area contributed by atoms with Gasteiger partial charge in [0.15, 0.2) is 0 Å². The van der Waals surface area contributed by atoms with Gasteiger partial charge in [0, 0.05) is 12.6 Å². The second kappa shape index (κ2) is 8.21. The lowest BCUT2D eigenvalue weighted by atomic mass is 10.2. The van der Waals surface area contributed by atoms with Gasteiger partial charge in [0.25, 0.3) is 0 Å². The van der Waals surface area contributed by atoms with Gasteiger partial charge in [-0.15, -0.1) is 0 Å². The quantitative estimate of drug-likeness (QED) is 0.351. The summed E-state index contributed by atoms with van der Waals surface area (Å²) in [7, 11) is 0. The minimum Gasteiger partial charge on any atom is -0.473 e. The smallest absolute Gasteiger partial charge is 0.414 e. The van der Waals surface area contributed by atoms with Crippen molar-refractivity contribution in [2.24, 2.45) is 11.5 Å². The molecule has 6 heteroatoms. The van der Waals surface area contributed by atoms with E-state index in [9.17, 15) is 0 Å². The van der Waals surface area contributed by atoms with Crippen molar-refractivity contribution in [3.05, 3.63) is 11.6 Å². The minimum atomic E-state index is -1.82. The zero-order valence-electron chi connectivity index (χ0n) is 8.23. The summed E-state index contributed by atoms with van der Waals surface area (Å²) in [6.07, 6.45) is 1.96. The molecule has 0 aliphatic carbocycles. The molecular weight excluding hydrogens is 188 g/mol. The molecule has 0 bridgehead atoms. The van der Waals surface area contributed by atoms with Crippen LogP contribution in [0.4, 0.5) is 0 Å². The van der Waals surface area contributed by atoms with E-state index < -0.39 is 11.9 Å². The summed E-state index contributed by atoms with van der Waals surface area (Å²) >= 11 is 0. The van der Waals surface area contributed by atoms with Crippen LogP contribution < -0.4 is 11.5 Å². The van der Waals surface area contributed by atoms with Gasteiger partial charge in [0.05, 0.1) is 0 Å². The molecule has 1 atom stereocenters. The maximum absolute atomic E-state index is 9.10. The van der Waals surface area contributed by atoms with Crippen molar-refractivity contribution in [2.45, 2.75) is 19.9 Å². The summed E-state index contributed by atoms with van der Waals surface area (Å²) in [5.41, 5.74) is 11.9. The van der Waals surface area contributed by atoms with Gasteiger partial charge in [-0.25, -0.2) is 9.59 Å². The Kier molecular flexibility index (Phi) is 8.85. The van der Waals surface area contributed by atoms with Crippen LogP contribution in [0.3, 0.4) is 0 Å². The molecule has 0 amide bonds. The van der Waals surface area contributed by atoms with Crippen LogP contribution in [-0.2, 0) is 9.59 Å². The molecule has 6 N–H and O–H groups in total. The SMILES string of the molecule is CC(C)=CC(N)CN.O=C(O)C(=O)O. The van der Waals surface area contributed by atoms with Gasteiger partial charge in [0.1, 0.15) is 0 Å². The van der Waals surface area contributed by atoms with E-state index in [1.807, 2.05) is 19.9 Å². The van der Waals surface area contributed by atoms with Crippen LogP contribution in [0.2, 0.25) is 0 Å². The first-order valence-electron chi connectivity index (χ1n) is 3.88. The largest absolute Gasteiger partial charge is 0.473 e. The summed E-state index contributed by atoms with van der Waals surface area (Å²) in [6.45, 7) is 4.55. The summed E-state index contributed by atoms with van der Waals surface area (Å²) in [5.74, 6) is -3.65. The fraction of sp³-hybridized carbons (Fsp3) is 0.500. The highest BCUT2D eigenvalue weighted by Gasteiger charge is 2.04. The molecule has 0 spiro atoms. The number of carboxylic acids is 2. The van der Waals surface area contributed by atoms with Crippen molar-refractivity contribution in [1.82, 2.24) is 0 Å². The number of carbonyl (C=O) groups is 2. The third-order valence-electron chi connectivity index (χ3n) is 1.00. The van der Waals surface area contributed by atoms with Crippen LogP contribution in [0.15, 0.2) is 11.6 Å². The van der Waals surface area contributed by atoms with Crippen LogP contribution in [-0.4, -0.2) is 34.7 Å². The Morgan fingerprint density at radius 1 is 1.29 bits per heavy atom. The average molecular weight is 204 g/mol. The molecule has 0 radical (unpaired) electrons. The molecule has 0 aromatic rings. The number of allylic oxidation sites excluding steroid dienone is 1. The molecule has 0 aromatic heterocycles. The van der Waals surface area contributed by atoms with Gasteiger partial charge < -0.3 is 21.7 Å². The number of carboxylic acid groups (broad SMARTS) is 2. The number of nitrogens with two attached hydrogens (primary N) is 2. The van der Waals surface area contributed by atoms with Crippen molar-refractivity contribution in [3.8, 4) is 0 Å².